The van der Waals surface area contributed by atoms with Crippen LogP contribution in [0.4, 0.5) is 41.1 Å². The Morgan fingerprint density at radius 3 is 1.80 bits per heavy atom. The summed E-state index contributed by atoms with van der Waals surface area (Å²) in [6.45, 7) is 3.79. The Hall–Kier alpha value is -3.75. The number of rotatable bonds is 6. The molecule has 0 unspecified atom stereocenters. The summed E-state index contributed by atoms with van der Waals surface area (Å²) in [5, 5.41) is 23.7. The van der Waals surface area contributed by atoms with Gasteiger partial charge in [0.2, 0.25) is 23.7 Å². The van der Waals surface area contributed by atoms with Crippen molar-refractivity contribution in [3.05, 3.63) is 35.4 Å². The molecule has 0 amide bonds. The van der Waals surface area contributed by atoms with Crippen LogP contribution in [0.1, 0.15) is 62.8 Å². The third-order valence-electron chi connectivity index (χ3n) is 7.12. The number of halogens is 4. The van der Waals surface area contributed by atoms with Crippen LogP contribution in [0.2, 0.25) is 0 Å². The molecule has 11 nitrogen and oxygen atoms in total. The van der Waals surface area contributed by atoms with Crippen LogP contribution in [-0.4, -0.2) is 61.4 Å². The third-order valence-corrected chi connectivity index (χ3v) is 7.12. The number of aryl methyl sites for hydroxylation is 2. The van der Waals surface area contributed by atoms with Crippen molar-refractivity contribution < 1.29 is 22.7 Å². The Bertz CT molecular complexity index is 1250. The topological polar surface area (TPSA) is 161 Å². The molecule has 41 heavy (non-hydrogen) atoms. The van der Waals surface area contributed by atoms with Crippen molar-refractivity contribution in [3.8, 4) is 0 Å². The second kappa shape index (κ2) is 12.4. The van der Waals surface area contributed by atoms with Crippen LogP contribution in [0.25, 0.3) is 0 Å². The number of aromatic nitrogens is 4. The number of alkyl halides is 4. The van der Waals surface area contributed by atoms with Gasteiger partial charge in [0, 0.05) is 67.4 Å². The number of hydrogen-bond donors (Lipinski definition) is 6. The Kier molecular flexibility index (Phi) is 9.14. The molecule has 0 aromatic carbocycles. The summed E-state index contributed by atoms with van der Waals surface area (Å²) in [6, 6.07) is 3.52. The molecule has 2 fully saturated rings. The molecular weight excluding hydrogens is 544 g/mol. The number of nitrogen functional groups attached to an aromatic ring is 1. The zero-order valence-corrected chi connectivity index (χ0v) is 23.0. The number of nitrogens with one attached hydrogen (secondary N) is 4. The highest BCUT2D eigenvalue weighted by Gasteiger charge is 2.36. The molecule has 2 aromatic rings. The van der Waals surface area contributed by atoms with Crippen molar-refractivity contribution in [3.63, 3.8) is 0 Å². The molecule has 7 N–H and O–H groups in total. The van der Waals surface area contributed by atoms with Gasteiger partial charge in [-0.1, -0.05) is 0 Å². The smallest absolute Gasteiger partial charge is 0.248 e. The average molecular weight is 581 g/mol. The molecule has 0 radical (unpaired) electrons. The summed E-state index contributed by atoms with van der Waals surface area (Å²) in [6.07, 6.45) is 2.66. The van der Waals surface area contributed by atoms with Gasteiger partial charge in [-0.3, -0.25) is 15.7 Å². The van der Waals surface area contributed by atoms with Gasteiger partial charge in [-0.2, -0.15) is 9.97 Å². The van der Waals surface area contributed by atoms with Crippen molar-refractivity contribution in [1.82, 2.24) is 19.9 Å². The molecule has 1 aliphatic heterocycles. The Balaban J connectivity index is 0.000000195. The van der Waals surface area contributed by atoms with Crippen molar-refractivity contribution in [2.45, 2.75) is 89.1 Å². The molecule has 3 aliphatic rings. The largest absolute Gasteiger partial charge is 0.510 e. The average Bonchev–Trinajstić information content (AvgIpc) is 3.24. The first-order valence-electron chi connectivity index (χ1n) is 13.5. The van der Waals surface area contributed by atoms with Crippen LogP contribution in [0.5, 0.6) is 0 Å². The summed E-state index contributed by atoms with van der Waals surface area (Å²) < 4.78 is 52.5. The minimum Gasteiger partial charge on any atom is -0.510 e. The van der Waals surface area contributed by atoms with E-state index in [2.05, 4.69) is 36.0 Å². The van der Waals surface area contributed by atoms with Crippen LogP contribution in [0.3, 0.4) is 0 Å². The number of aliphatic hydroxyl groups is 1. The molecule has 2 aliphatic carbocycles. The zero-order valence-electron chi connectivity index (χ0n) is 23.0. The van der Waals surface area contributed by atoms with Gasteiger partial charge < -0.3 is 15.7 Å². The summed E-state index contributed by atoms with van der Waals surface area (Å²) in [5.74, 6) is 2.21. The van der Waals surface area contributed by atoms with E-state index in [4.69, 9.17) is 11.3 Å². The number of amidine groups is 1. The van der Waals surface area contributed by atoms with Gasteiger partial charge in [0.1, 0.15) is 23.2 Å². The Labute approximate surface area is 235 Å². The third kappa shape index (κ3) is 8.62. The molecule has 2 aromatic heterocycles. The van der Waals surface area contributed by atoms with Crippen LogP contribution >= 0.6 is 0 Å². The van der Waals surface area contributed by atoms with Crippen LogP contribution in [-0.2, 0) is 0 Å². The van der Waals surface area contributed by atoms with E-state index in [1.54, 1.807) is 19.1 Å². The standard InChI is InChI=1S/C15H19F2N5O.C11H17F2N5/c1-9-6-13(20-10-2-4-15(16,17)5-3-10)21-14(19-9)22-8-11(23)7-12(22)18;1-7-6-9(17-10(15-7)18-14)16-8-2-4-11(12,13)5-3-8/h6-7,10,18,23H,2-5,8H2,1H3,(H,19,20,21);6,8H,2-5,14H2,1H3,(H2,15,16,17,18). The van der Waals surface area contributed by atoms with Gasteiger partial charge in [0.05, 0.1) is 6.54 Å². The zero-order chi connectivity index (χ0) is 29.8. The minimum absolute atomic E-state index is 0.0320. The number of hydrogen-bond acceptors (Lipinski definition) is 10. The lowest BCUT2D eigenvalue weighted by Gasteiger charge is -2.29. The fraction of sp³-hybridized carbons (Fsp3) is 0.577. The molecule has 0 atom stereocenters. The van der Waals surface area contributed by atoms with E-state index >= 15 is 0 Å². The van der Waals surface area contributed by atoms with E-state index < -0.39 is 11.8 Å². The fourth-order valence-corrected chi connectivity index (χ4v) is 4.95. The van der Waals surface area contributed by atoms with Crippen molar-refractivity contribution >= 4 is 29.4 Å². The van der Waals surface area contributed by atoms with Gasteiger partial charge in [-0.25, -0.2) is 33.4 Å². The second-order valence-electron chi connectivity index (χ2n) is 10.7. The molecule has 3 heterocycles. The maximum Gasteiger partial charge on any atom is 0.248 e. The number of hydrazine groups is 1. The lowest BCUT2D eigenvalue weighted by molar-refractivity contribution is -0.0366. The van der Waals surface area contributed by atoms with Gasteiger partial charge in [-0.05, 0) is 39.5 Å². The van der Waals surface area contributed by atoms with Crippen LogP contribution < -0.4 is 26.8 Å². The van der Waals surface area contributed by atoms with Crippen molar-refractivity contribution in [1.29, 1.82) is 5.41 Å². The number of aliphatic hydroxyl groups excluding tert-OH is 1. The van der Waals surface area contributed by atoms with E-state index in [-0.39, 0.29) is 55.9 Å². The normalized spacial score (nSPS) is 20.6. The molecule has 15 heteroatoms. The van der Waals surface area contributed by atoms with Gasteiger partial charge >= 0.3 is 0 Å². The van der Waals surface area contributed by atoms with E-state index in [0.29, 0.717) is 54.9 Å². The first kappa shape index (κ1) is 30.2. The van der Waals surface area contributed by atoms with E-state index in [1.807, 2.05) is 6.92 Å². The summed E-state index contributed by atoms with van der Waals surface area (Å²) in [5.41, 5.74) is 3.85. The first-order valence-corrected chi connectivity index (χ1v) is 13.5. The quantitative estimate of drug-likeness (QED) is 0.155. The van der Waals surface area contributed by atoms with Crippen LogP contribution in [0.15, 0.2) is 24.0 Å². The summed E-state index contributed by atoms with van der Waals surface area (Å²) in [4.78, 5) is 18.3. The number of nitrogens with zero attached hydrogens (tertiary/aromatic N) is 5. The molecule has 0 bridgehead atoms. The fourth-order valence-electron chi connectivity index (χ4n) is 4.95. The SMILES string of the molecule is Cc1cc(NC2CCC(F)(F)CC2)nc(N2CC(O)=CC2=N)n1.Cc1cc(NC2CCC(F)(F)CC2)nc(NN)n1. The number of nitrogens with two attached hydrogens (primary N) is 1. The van der Waals surface area contributed by atoms with Crippen molar-refractivity contribution in [2.75, 3.05) is 27.5 Å². The first-order chi connectivity index (χ1) is 19.3. The van der Waals surface area contributed by atoms with Gasteiger partial charge in [0.25, 0.3) is 0 Å². The summed E-state index contributed by atoms with van der Waals surface area (Å²) >= 11 is 0. The predicted molar refractivity (Wildman–Crippen MR) is 149 cm³/mol. The molecule has 5 rings (SSSR count). The van der Waals surface area contributed by atoms with E-state index in [1.165, 1.54) is 11.0 Å². The highest BCUT2D eigenvalue weighted by molar-refractivity contribution is 6.05. The Morgan fingerprint density at radius 2 is 1.34 bits per heavy atom. The maximum atomic E-state index is 13.2. The molecule has 0 spiro atoms. The van der Waals surface area contributed by atoms with E-state index in [0.717, 1.165) is 5.69 Å². The monoisotopic (exact) mass is 580 g/mol. The molecule has 2 saturated carbocycles. The molecule has 0 saturated heterocycles. The van der Waals surface area contributed by atoms with Gasteiger partial charge in [0.15, 0.2) is 0 Å². The predicted octanol–water partition coefficient (Wildman–Crippen LogP) is 5.07. The van der Waals surface area contributed by atoms with Crippen LogP contribution in [0, 0.1) is 19.3 Å². The maximum absolute atomic E-state index is 13.2. The van der Waals surface area contributed by atoms with E-state index in [9.17, 15) is 22.7 Å². The molecular formula is C26H36F4N10O. The second-order valence-corrected chi connectivity index (χ2v) is 10.7. The van der Waals surface area contributed by atoms with Gasteiger partial charge in [-0.15, -0.1) is 0 Å². The molecule has 224 valence electrons. The number of anilines is 4. The Morgan fingerprint density at radius 1 is 0.854 bits per heavy atom. The highest BCUT2D eigenvalue weighted by atomic mass is 19.3. The minimum atomic E-state index is -2.56. The summed E-state index contributed by atoms with van der Waals surface area (Å²) in [7, 11) is 0. The van der Waals surface area contributed by atoms with Crippen molar-refractivity contribution in [2.24, 2.45) is 5.84 Å². The highest BCUT2D eigenvalue weighted by Crippen LogP contribution is 2.35. The lowest BCUT2D eigenvalue weighted by Crippen LogP contribution is -2.33. The lowest BCUT2D eigenvalue weighted by atomic mass is 9.92.